The summed E-state index contributed by atoms with van der Waals surface area (Å²) in [5.74, 6) is 0. The van der Waals surface area contributed by atoms with Crippen LogP contribution in [0.15, 0.2) is 0 Å². The Hall–Kier alpha value is 0.100. The molecule has 0 saturated heterocycles. The van der Waals surface area contributed by atoms with Gasteiger partial charge in [-0.25, -0.2) is 0 Å². The van der Waals surface area contributed by atoms with E-state index >= 15 is 0 Å². The fourth-order valence-corrected chi connectivity index (χ4v) is 1.57. The van der Waals surface area contributed by atoms with Crippen molar-refractivity contribution < 1.29 is 18.3 Å². The molecule has 1 atom stereocenters. The molecule has 0 fully saturated rings. The van der Waals surface area contributed by atoms with Crippen LogP contribution in [0.5, 0.6) is 0 Å². The summed E-state index contributed by atoms with van der Waals surface area (Å²) in [5.41, 5.74) is -4.13. The number of halogens is 3. The molecule has 0 radical (unpaired) electrons. The van der Waals surface area contributed by atoms with Gasteiger partial charge in [0.05, 0.1) is 0 Å². The van der Waals surface area contributed by atoms with Crippen molar-refractivity contribution >= 4 is 11.8 Å². The number of alkyl halides is 3. The van der Waals surface area contributed by atoms with Crippen LogP contribution in [0.3, 0.4) is 0 Å². The summed E-state index contributed by atoms with van der Waals surface area (Å²) in [7, 11) is 0. The third-order valence-corrected chi connectivity index (χ3v) is 2.26. The van der Waals surface area contributed by atoms with Crippen LogP contribution in [-0.4, -0.2) is 22.5 Å². The van der Waals surface area contributed by atoms with Crippen molar-refractivity contribution in [2.45, 2.75) is 36.9 Å². The van der Waals surface area contributed by atoms with Crippen molar-refractivity contribution in [2.24, 2.45) is 0 Å². The third kappa shape index (κ3) is 8.20. The predicted octanol–water partition coefficient (Wildman–Crippen LogP) is 2.79. The molecule has 12 heavy (non-hydrogen) atoms. The fourth-order valence-electron chi connectivity index (χ4n) is 0.831. The molecule has 0 aromatic rings. The van der Waals surface area contributed by atoms with Gasteiger partial charge in [-0.3, -0.25) is 0 Å². The summed E-state index contributed by atoms with van der Waals surface area (Å²) in [6.45, 7) is 1.61. The summed E-state index contributed by atoms with van der Waals surface area (Å²) >= 11 is 0.0255. The second-order valence-electron chi connectivity index (χ2n) is 2.59. The maximum atomic E-state index is 11.7. The molecule has 0 rings (SSSR count). The van der Waals surface area contributed by atoms with Gasteiger partial charge in [0.1, 0.15) is 0 Å². The molecule has 0 spiro atoms. The highest BCUT2D eigenvalue weighted by Crippen LogP contribution is 2.35. The van der Waals surface area contributed by atoms with Gasteiger partial charge in [-0.1, -0.05) is 13.3 Å². The van der Waals surface area contributed by atoms with E-state index in [9.17, 15) is 13.2 Å². The number of hydrogen-bond acceptors (Lipinski definition) is 2. The number of hydrogen-bond donors (Lipinski definition) is 1. The highest BCUT2D eigenvalue weighted by atomic mass is 32.2. The van der Waals surface area contributed by atoms with E-state index in [1.165, 1.54) is 0 Å². The van der Waals surface area contributed by atoms with E-state index in [1.807, 2.05) is 0 Å². The van der Waals surface area contributed by atoms with Crippen LogP contribution in [0, 0.1) is 0 Å². The van der Waals surface area contributed by atoms with Crippen molar-refractivity contribution in [3.63, 3.8) is 0 Å². The van der Waals surface area contributed by atoms with Crippen LogP contribution >= 0.6 is 11.8 Å². The van der Waals surface area contributed by atoms with Crippen LogP contribution in [0.1, 0.15) is 26.2 Å². The predicted molar refractivity (Wildman–Crippen MR) is 44.0 cm³/mol. The average molecular weight is 202 g/mol. The Balaban J connectivity index is 3.40. The first kappa shape index (κ1) is 12.1. The maximum absolute atomic E-state index is 11.7. The molecule has 1 nitrogen and oxygen atoms in total. The molecule has 0 aliphatic carbocycles. The van der Waals surface area contributed by atoms with Crippen LogP contribution in [0.4, 0.5) is 13.2 Å². The molecular formula is C7H13F3OS. The lowest BCUT2D eigenvalue weighted by molar-refractivity contribution is -0.0333. The first-order valence-corrected chi connectivity index (χ1v) is 4.69. The number of thioether (sulfide) groups is 1. The quantitative estimate of drug-likeness (QED) is 0.692. The summed E-state index contributed by atoms with van der Waals surface area (Å²) in [5, 5.41) is 7.98. The van der Waals surface area contributed by atoms with Crippen molar-refractivity contribution in [1.82, 2.24) is 0 Å². The van der Waals surface area contributed by atoms with Gasteiger partial charge in [0.25, 0.3) is 0 Å². The molecule has 0 bridgehead atoms. The van der Waals surface area contributed by atoms with Gasteiger partial charge in [0, 0.05) is 11.9 Å². The minimum absolute atomic E-state index is 0.0255. The molecule has 1 N–H and O–H groups in total. The fraction of sp³-hybridized carbons (Fsp3) is 1.00. The largest absolute Gasteiger partial charge is 0.442 e. The molecule has 0 saturated carbocycles. The normalized spacial score (nSPS) is 14.8. The van der Waals surface area contributed by atoms with Crippen LogP contribution in [-0.2, 0) is 0 Å². The standard InChI is InChI=1S/C7H13F3OS/c1-6(4-2-3-5-11)12-7(8,9)10/h6,11H,2-5H2,1H3. The highest BCUT2D eigenvalue weighted by molar-refractivity contribution is 8.00. The number of aliphatic hydroxyl groups excluding tert-OH is 1. The lowest BCUT2D eigenvalue weighted by Gasteiger charge is -2.12. The zero-order valence-corrected chi connectivity index (χ0v) is 7.71. The third-order valence-electron chi connectivity index (χ3n) is 1.35. The SMILES string of the molecule is CC(CCCCO)SC(F)(F)F. The highest BCUT2D eigenvalue weighted by Gasteiger charge is 2.30. The van der Waals surface area contributed by atoms with E-state index in [2.05, 4.69) is 0 Å². The second kappa shape index (κ2) is 5.70. The van der Waals surface area contributed by atoms with E-state index in [-0.39, 0.29) is 18.4 Å². The summed E-state index contributed by atoms with van der Waals surface area (Å²) in [6.07, 6.45) is 1.74. The number of unbranched alkanes of at least 4 members (excludes halogenated alkanes) is 1. The van der Waals surface area contributed by atoms with Crippen molar-refractivity contribution in [2.75, 3.05) is 6.61 Å². The van der Waals surface area contributed by atoms with E-state index < -0.39 is 10.8 Å². The smallest absolute Gasteiger partial charge is 0.396 e. The lowest BCUT2D eigenvalue weighted by Crippen LogP contribution is -2.08. The van der Waals surface area contributed by atoms with Gasteiger partial charge in [-0.05, 0) is 24.6 Å². The zero-order valence-electron chi connectivity index (χ0n) is 6.90. The number of aliphatic hydroxyl groups is 1. The van der Waals surface area contributed by atoms with E-state index in [0.717, 1.165) is 0 Å². The van der Waals surface area contributed by atoms with Crippen molar-refractivity contribution in [3.8, 4) is 0 Å². The van der Waals surface area contributed by atoms with E-state index in [0.29, 0.717) is 19.3 Å². The van der Waals surface area contributed by atoms with Crippen LogP contribution < -0.4 is 0 Å². The second-order valence-corrected chi connectivity index (χ2v) is 4.10. The van der Waals surface area contributed by atoms with Crippen LogP contribution in [0.25, 0.3) is 0 Å². The molecule has 74 valence electrons. The van der Waals surface area contributed by atoms with E-state index in [4.69, 9.17) is 5.11 Å². The molecule has 5 heteroatoms. The Kier molecular flexibility index (Phi) is 5.74. The Morgan fingerprint density at radius 3 is 2.33 bits per heavy atom. The summed E-state index contributed by atoms with van der Waals surface area (Å²) in [6, 6.07) is 0. The Morgan fingerprint density at radius 2 is 1.92 bits per heavy atom. The molecule has 0 aromatic carbocycles. The zero-order chi connectivity index (χ0) is 9.61. The number of rotatable bonds is 5. The lowest BCUT2D eigenvalue weighted by atomic mass is 10.2. The monoisotopic (exact) mass is 202 g/mol. The average Bonchev–Trinajstić information content (AvgIpc) is 1.84. The molecule has 0 aliphatic rings. The molecule has 0 amide bonds. The molecule has 0 heterocycles. The van der Waals surface area contributed by atoms with Crippen molar-refractivity contribution in [1.29, 1.82) is 0 Å². The van der Waals surface area contributed by atoms with Crippen molar-refractivity contribution in [3.05, 3.63) is 0 Å². The van der Waals surface area contributed by atoms with Gasteiger partial charge in [0.2, 0.25) is 0 Å². The molecule has 1 unspecified atom stereocenters. The van der Waals surface area contributed by atoms with Gasteiger partial charge >= 0.3 is 5.51 Å². The minimum atomic E-state index is -4.13. The first-order chi connectivity index (χ1) is 5.45. The Morgan fingerprint density at radius 1 is 1.33 bits per heavy atom. The van der Waals surface area contributed by atoms with Gasteiger partial charge < -0.3 is 5.11 Å². The maximum Gasteiger partial charge on any atom is 0.442 e. The van der Waals surface area contributed by atoms with Crippen LogP contribution in [0.2, 0.25) is 0 Å². The molecular weight excluding hydrogens is 189 g/mol. The van der Waals surface area contributed by atoms with Gasteiger partial charge in [-0.2, -0.15) is 13.2 Å². The summed E-state index contributed by atoms with van der Waals surface area (Å²) < 4.78 is 35.2. The Bertz CT molecular complexity index is 116. The van der Waals surface area contributed by atoms with Gasteiger partial charge in [-0.15, -0.1) is 0 Å². The minimum Gasteiger partial charge on any atom is -0.396 e. The topological polar surface area (TPSA) is 20.2 Å². The summed E-state index contributed by atoms with van der Waals surface area (Å²) in [4.78, 5) is 0. The van der Waals surface area contributed by atoms with Gasteiger partial charge in [0.15, 0.2) is 0 Å². The molecule has 0 aliphatic heterocycles. The Labute approximate surface area is 74.3 Å². The van der Waals surface area contributed by atoms with E-state index in [1.54, 1.807) is 6.92 Å². The first-order valence-electron chi connectivity index (χ1n) is 3.81. The molecule has 0 aromatic heterocycles.